The van der Waals surface area contributed by atoms with Crippen LogP contribution in [0.25, 0.3) is 0 Å². The van der Waals surface area contributed by atoms with Crippen LogP contribution in [-0.4, -0.2) is 48.6 Å². The molecule has 4 rings (SSSR count). The summed E-state index contributed by atoms with van der Waals surface area (Å²) in [5, 5.41) is 3.48. The van der Waals surface area contributed by atoms with Crippen LogP contribution < -0.4 is 10.2 Å². The van der Waals surface area contributed by atoms with Gasteiger partial charge in [0.05, 0.1) is 16.6 Å². The van der Waals surface area contributed by atoms with E-state index in [1.165, 1.54) is 6.92 Å². The lowest BCUT2D eigenvalue weighted by molar-refractivity contribution is -0.183. The first-order valence-corrected chi connectivity index (χ1v) is 12.2. The summed E-state index contributed by atoms with van der Waals surface area (Å²) in [6.45, 7) is 3.56. The van der Waals surface area contributed by atoms with Crippen molar-refractivity contribution in [2.75, 3.05) is 29.9 Å². The number of carbonyl (C=O) groups excluding carboxylic acids is 2. The van der Waals surface area contributed by atoms with Crippen molar-refractivity contribution in [2.45, 2.75) is 70.5 Å². The van der Waals surface area contributed by atoms with Crippen molar-refractivity contribution < 1.29 is 22.8 Å². The SMILES string of the molecule is CC(=O)N1CCCC[C@@H]1C(=O)Nc1cc(Cl)c2c(c1)CCN2CC1CCC(C(F)(F)F)CC1. The number of carbonyl (C=O) groups is 2. The first-order valence-electron chi connectivity index (χ1n) is 11.9. The zero-order valence-corrected chi connectivity index (χ0v) is 19.6. The number of anilines is 2. The summed E-state index contributed by atoms with van der Waals surface area (Å²) in [7, 11) is 0. The van der Waals surface area contributed by atoms with Crippen LogP contribution in [0.5, 0.6) is 0 Å². The average Bonchev–Trinajstić information content (AvgIpc) is 3.16. The van der Waals surface area contributed by atoms with Crippen LogP contribution in [0, 0.1) is 11.8 Å². The molecule has 2 fully saturated rings. The summed E-state index contributed by atoms with van der Waals surface area (Å²) in [5.41, 5.74) is 2.58. The van der Waals surface area contributed by atoms with Gasteiger partial charge in [0.15, 0.2) is 0 Å². The van der Waals surface area contributed by atoms with E-state index in [1.807, 2.05) is 6.07 Å². The Morgan fingerprint density at radius 3 is 2.48 bits per heavy atom. The molecule has 0 unspecified atom stereocenters. The first kappa shape index (κ1) is 24.2. The van der Waals surface area contributed by atoms with Gasteiger partial charge >= 0.3 is 6.18 Å². The highest BCUT2D eigenvalue weighted by molar-refractivity contribution is 6.34. The van der Waals surface area contributed by atoms with Crippen molar-refractivity contribution in [3.63, 3.8) is 0 Å². The highest BCUT2D eigenvalue weighted by Crippen LogP contribution is 2.42. The van der Waals surface area contributed by atoms with Crippen LogP contribution in [-0.2, 0) is 16.0 Å². The monoisotopic (exact) mass is 485 g/mol. The van der Waals surface area contributed by atoms with Gasteiger partial charge in [0.2, 0.25) is 11.8 Å². The van der Waals surface area contributed by atoms with E-state index in [-0.39, 0.29) is 30.6 Å². The molecule has 33 heavy (non-hydrogen) atoms. The molecule has 1 aromatic carbocycles. The van der Waals surface area contributed by atoms with E-state index in [9.17, 15) is 22.8 Å². The summed E-state index contributed by atoms with van der Waals surface area (Å²) in [5.74, 6) is -1.23. The van der Waals surface area contributed by atoms with Gasteiger partial charge in [-0.05, 0) is 75.0 Å². The number of hydrogen-bond acceptors (Lipinski definition) is 3. The predicted octanol–water partition coefficient (Wildman–Crippen LogP) is 5.41. The van der Waals surface area contributed by atoms with Crippen LogP contribution in [0.1, 0.15) is 57.4 Å². The Balaban J connectivity index is 1.40. The molecule has 5 nitrogen and oxygen atoms in total. The molecule has 3 aliphatic rings. The number of fused-ring (bicyclic) bond motifs is 1. The summed E-state index contributed by atoms with van der Waals surface area (Å²) < 4.78 is 38.9. The second-order valence-electron chi connectivity index (χ2n) is 9.63. The highest BCUT2D eigenvalue weighted by Gasteiger charge is 2.41. The van der Waals surface area contributed by atoms with Crippen molar-refractivity contribution in [3.8, 4) is 0 Å². The summed E-state index contributed by atoms with van der Waals surface area (Å²) in [4.78, 5) is 28.6. The molecule has 0 radical (unpaired) electrons. The molecule has 2 aliphatic heterocycles. The molecule has 1 N–H and O–H groups in total. The molecule has 0 aromatic heterocycles. The van der Waals surface area contributed by atoms with Gasteiger partial charge in [0.1, 0.15) is 6.04 Å². The minimum Gasteiger partial charge on any atom is -0.369 e. The van der Waals surface area contributed by atoms with E-state index in [0.29, 0.717) is 43.1 Å². The predicted molar refractivity (Wildman–Crippen MR) is 123 cm³/mol. The van der Waals surface area contributed by atoms with Crippen LogP contribution in [0.2, 0.25) is 5.02 Å². The van der Waals surface area contributed by atoms with E-state index in [4.69, 9.17) is 11.6 Å². The van der Waals surface area contributed by atoms with E-state index >= 15 is 0 Å². The number of alkyl halides is 3. The fraction of sp³-hybridized carbons (Fsp3) is 0.667. The van der Waals surface area contributed by atoms with Crippen molar-refractivity contribution in [3.05, 3.63) is 22.7 Å². The summed E-state index contributed by atoms with van der Waals surface area (Å²) in [6.07, 6.45) is 0.709. The summed E-state index contributed by atoms with van der Waals surface area (Å²) >= 11 is 6.61. The van der Waals surface area contributed by atoms with Crippen molar-refractivity contribution in [1.82, 2.24) is 4.90 Å². The van der Waals surface area contributed by atoms with Crippen molar-refractivity contribution in [1.29, 1.82) is 0 Å². The molecule has 0 bridgehead atoms. The van der Waals surface area contributed by atoms with Gasteiger partial charge in [-0.1, -0.05) is 11.6 Å². The maximum Gasteiger partial charge on any atom is 0.391 e. The normalized spacial score (nSPS) is 25.7. The average molecular weight is 486 g/mol. The number of hydrogen-bond donors (Lipinski definition) is 1. The number of nitrogens with one attached hydrogen (secondary N) is 1. The standard InChI is InChI=1S/C24H31ClF3N3O2/c1-15(32)31-10-3-2-4-21(31)23(33)29-19-12-17-9-11-30(22(17)20(25)13-19)14-16-5-7-18(8-6-16)24(26,27)28/h12-13,16,18,21H,2-11,14H2,1H3,(H,29,33)/t16?,18?,21-/m1/s1. The number of halogens is 4. The molecule has 2 amide bonds. The zero-order chi connectivity index (χ0) is 23.8. The number of amides is 2. The molecule has 1 atom stereocenters. The Bertz CT molecular complexity index is 900. The number of piperidine rings is 1. The van der Waals surface area contributed by atoms with Crippen molar-refractivity contribution in [2.24, 2.45) is 11.8 Å². The number of benzene rings is 1. The largest absolute Gasteiger partial charge is 0.391 e. The van der Waals surface area contributed by atoms with E-state index in [2.05, 4.69) is 10.2 Å². The Morgan fingerprint density at radius 1 is 1.09 bits per heavy atom. The fourth-order valence-corrected chi connectivity index (χ4v) is 5.97. The molecule has 1 saturated carbocycles. The molecule has 182 valence electrons. The third-order valence-electron chi connectivity index (χ3n) is 7.38. The molecular formula is C24H31ClF3N3O2. The van der Waals surface area contributed by atoms with Gasteiger partial charge in [-0.2, -0.15) is 13.2 Å². The van der Waals surface area contributed by atoms with Crippen LogP contribution in [0.4, 0.5) is 24.5 Å². The van der Waals surface area contributed by atoms with Gasteiger partial charge < -0.3 is 15.1 Å². The fourth-order valence-electron chi connectivity index (χ4n) is 5.61. The second kappa shape index (κ2) is 9.72. The van der Waals surface area contributed by atoms with Crippen LogP contribution >= 0.6 is 11.6 Å². The lowest BCUT2D eigenvalue weighted by atomic mass is 9.81. The molecule has 0 spiro atoms. The maximum absolute atomic E-state index is 13.0. The quantitative estimate of drug-likeness (QED) is 0.620. The van der Waals surface area contributed by atoms with Gasteiger partial charge in [-0.25, -0.2) is 0 Å². The smallest absolute Gasteiger partial charge is 0.369 e. The first-order chi connectivity index (χ1) is 15.6. The molecular weight excluding hydrogens is 455 g/mol. The molecule has 1 aromatic rings. The molecule has 1 aliphatic carbocycles. The highest BCUT2D eigenvalue weighted by atomic mass is 35.5. The number of likely N-dealkylation sites (tertiary alicyclic amines) is 1. The minimum absolute atomic E-state index is 0.0956. The van der Waals surface area contributed by atoms with Crippen molar-refractivity contribution >= 4 is 34.8 Å². The lowest BCUT2D eigenvalue weighted by Crippen LogP contribution is -2.49. The third-order valence-corrected chi connectivity index (χ3v) is 7.66. The Kier molecular flexibility index (Phi) is 7.12. The van der Waals surface area contributed by atoms with E-state index in [1.54, 1.807) is 11.0 Å². The molecule has 2 heterocycles. The van der Waals surface area contributed by atoms with Gasteiger partial charge in [-0.3, -0.25) is 9.59 Å². The van der Waals surface area contributed by atoms with Crippen LogP contribution in [0.15, 0.2) is 12.1 Å². The molecule has 9 heteroatoms. The molecule has 1 saturated heterocycles. The number of rotatable bonds is 4. The number of nitrogens with zero attached hydrogens (tertiary/aromatic N) is 2. The van der Waals surface area contributed by atoms with E-state index in [0.717, 1.165) is 37.1 Å². The summed E-state index contributed by atoms with van der Waals surface area (Å²) in [6, 6.07) is 3.20. The lowest BCUT2D eigenvalue weighted by Gasteiger charge is -2.34. The van der Waals surface area contributed by atoms with Crippen LogP contribution in [0.3, 0.4) is 0 Å². The topological polar surface area (TPSA) is 52.7 Å². The maximum atomic E-state index is 13.0. The third kappa shape index (κ3) is 5.42. The van der Waals surface area contributed by atoms with Gasteiger partial charge in [0, 0.05) is 32.2 Å². The zero-order valence-electron chi connectivity index (χ0n) is 18.9. The minimum atomic E-state index is -4.09. The van der Waals surface area contributed by atoms with Gasteiger partial charge in [0.25, 0.3) is 0 Å². The van der Waals surface area contributed by atoms with E-state index < -0.39 is 18.1 Å². The Labute approximate surface area is 197 Å². The van der Waals surface area contributed by atoms with Gasteiger partial charge in [-0.15, -0.1) is 0 Å². The Morgan fingerprint density at radius 2 is 1.82 bits per heavy atom. The second-order valence-corrected chi connectivity index (χ2v) is 10.0. The Hall–Kier alpha value is -1.96.